The Labute approximate surface area is 103 Å². The fourth-order valence-corrected chi connectivity index (χ4v) is 1.78. The molecule has 0 radical (unpaired) electrons. The summed E-state index contributed by atoms with van der Waals surface area (Å²) in [7, 11) is 0. The maximum Gasteiger partial charge on any atom is 0.328 e. The number of fused-ring (bicyclic) bond motifs is 1. The van der Waals surface area contributed by atoms with E-state index >= 15 is 0 Å². The number of aliphatic carboxylic acids is 1. The third-order valence-electron chi connectivity index (χ3n) is 2.58. The summed E-state index contributed by atoms with van der Waals surface area (Å²) >= 11 is 0. The molecule has 18 heavy (non-hydrogen) atoms. The molecule has 1 unspecified atom stereocenters. The molecule has 0 bridgehead atoms. The Kier molecular flexibility index (Phi) is 3.27. The summed E-state index contributed by atoms with van der Waals surface area (Å²) in [4.78, 5) is 22.0. The third-order valence-corrected chi connectivity index (χ3v) is 2.58. The lowest BCUT2D eigenvalue weighted by molar-refractivity contribution is -0.142. The second kappa shape index (κ2) is 4.87. The lowest BCUT2D eigenvalue weighted by Gasteiger charge is -2.13. The van der Waals surface area contributed by atoms with Crippen molar-refractivity contribution in [3.8, 4) is 0 Å². The monoisotopic (exact) mass is 247 g/mol. The van der Waals surface area contributed by atoms with Crippen molar-refractivity contribution in [1.82, 2.24) is 15.1 Å². The van der Waals surface area contributed by atoms with E-state index in [-0.39, 0.29) is 12.5 Å². The highest BCUT2D eigenvalue weighted by Gasteiger charge is 2.20. The van der Waals surface area contributed by atoms with E-state index < -0.39 is 12.0 Å². The number of carbonyl (C=O) groups excluding carboxylic acids is 1. The topological polar surface area (TPSA) is 84.2 Å². The number of carboxylic acid groups (broad SMARTS) is 1. The molecular weight excluding hydrogens is 234 g/mol. The first-order valence-electron chi connectivity index (χ1n) is 5.48. The van der Waals surface area contributed by atoms with Crippen molar-refractivity contribution in [1.29, 1.82) is 0 Å². The van der Waals surface area contributed by atoms with Crippen LogP contribution in [0.15, 0.2) is 30.5 Å². The summed E-state index contributed by atoms with van der Waals surface area (Å²) in [5.74, 6) is -1.45. The molecular formula is C12H13N3O3. The molecule has 1 aromatic carbocycles. The minimum atomic E-state index is -1.08. The molecule has 94 valence electrons. The second-order valence-electron chi connectivity index (χ2n) is 3.98. The lowest BCUT2D eigenvalue weighted by Crippen LogP contribution is -2.42. The van der Waals surface area contributed by atoms with Crippen molar-refractivity contribution in [3.05, 3.63) is 30.5 Å². The van der Waals surface area contributed by atoms with E-state index in [1.165, 1.54) is 6.92 Å². The van der Waals surface area contributed by atoms with E-state index in [0.29, 0.717) is 0 Å². The Morgan fingerprint density at radius 1 is 1.44 bits per heavy atom. The molecule has 0 aliphatic heterocycles. The van der Waals surface area contributed by atoms with Crippen molar-refractivity contribution in [2.75, 3.05) is 0 Å². The molecule has 0 spiro atoms. The number of hydrogen-bond donors (Lipinski definition) is 2. The molecule has 0 aliphatic carbocycles. The molecule has 1 amide bonds. The minimum absolute atomic E-state index is 0.0996. The molecule has 2 aromatic rings. The van der Waals surface area contributed by atoms with E-state index in [1.807, 2.05) is 24.3 Å². The first-order valence-corrected chi connectivity index (χ1v) is 5.48. The van der Waals surface area contributed by atoms with Crippen LogP contribution in [-0.4, -0.2) is 32.8 Å². The molecule has 0 aliphatic rings. The molecule has 1 heterocycles. The number of benzene rings is 1. The van der Waals surface area contributed by atoms with Crippen molar-refractivity contribution < 1.29 is 14.7 Å². The quantitative estimate of drug-likeness (QED) is 0.829. The van der Waals surface area contributed by atoms with Crippen LogP contribution in [-0.2, 0) is 16.1 Å². The predicted octanol–water partition coefficient (Wildman–Crippen LogP) is 0.626. The molecule has 6 heteroatoms. The number of hydrogen-bond acceptors (Lipinski definition) is 3. The average molecular weight is 247 g/mol. The molecule has 0 fully saturated rings. The Bertz CT molecular complexity index is 591. The standard InChI is InChI=1S/C12H13N3O3/c1-8(16)14-10(12(17)18)7-15-11-5-3-2-4-9(11)6-13-15/h2-6,10H,7H2,1H3,(H,14,16)(H,17,18). The normalized spacial score (nSPS) is 12.3. The SMILES string of the molecule is CC(=O)NC(Cn1ncc2ccccc21)C(=O)O. The molecule has 2 N–H and O–H groups in total. The van der Waals surface area contributed by atoms with E-state index in [0.717, 1.165) is 10.9 Å². The summed E-state index contributed by atoms with van der Waals surface area (Å²) in [6, 6.07) is 6.51. The molecule has 1 aromatic heterocycles. The van der Waals surface area contributed by atoms with Crippen LogP contribution < -0.4 is 5.32 Å². The van der Waals surface area contributed by atoms with Gasteiger partial charge in [-0.05, 0) is 6.07 Å². The molecule has 6 nitrogen and oxygen atoms in total. The lowest BCUT2D eigenvalue weighted by atomic mass is 10.2. The van der Waals surface area contributed by atoms with Gasteiger partial charge in [-0.3, -0.25) is 9.48 Å². The maximum atomic E-state index is 11.0. The van der Waals surface area contributed by atoms with E-state index in [9.17, 15) is 9.59 Å². The zero-order chi connectivity index (χ0) is 13.1. The van der Waals surface area contributed by atoms with Gasteiger partial charge in [0.15, 0.2) is 0 Å². The summed E-state index contributed by atoms with van der Waals surface area (Å²) < 4.78 is 1.57. The molecule has 0 saturated heterocycles. The number of carboxylic acids is 1. The first kappa shape index (κ1) is 12.1. The summed E-state index contributed by atoms with van der Waals surface area (Å²) in [5, 5.41) is 16.5. The summed E-state index contributed by atoms with van der Waals surface area (Å²) in [6.07, 6.45) is 1.67. The summed E-state index contributed by atoms with van der Waals surface area (Å²) in [5.41, 5.74) is 0.842. The number of carbonyl (C=O) groups is 2. The third kappa shape index (κ3) is 2.48. The van der Waals surface area contributed by atoms with Crippen LogP contribution in [0.2, 0.25) is 0 Å². The van der Waals surface area contributed by atoms with Crippen LogP contribution in [0.4, 0.5) is 0 Å². The fraction of sp³-hybridized carbons (Fsp3) is 0.250. The van der Waals surface area contributed by atoms with Crippen LogP contribution in [0.25, 0.3) is 10.9 Å². The van der Waals surface area contributed by atoms with E-state index in [2.05, 4.69) is 10.4 Å². The van der Waals surface area contributed by atoms with Crippen LogP contribution in [0.3, 0.4) is 0 Å². The maximum absolute atomic E-state index is 11.0. The highest BCUT2D eigenvalue weighted by Crippen LogP contribution is 2.12. The van der Waals surface area contributed by atoms with Crippen LogP contribution in [0.1, 0.15) is 6.92 Å². The van der Waals surface area contributed by atoms with Crippen molar-refractivity contribution in [2.45, 2.75) is 19.5 Å². The fourth-order valence-electron chi connectivity index (χ4n) is 1.78. The van der Waals surface area contributed by atoms with Crippen LogP contribution in [0.5, 0.6) is 0 Å². The van der Waals surface area contributed by atoms with Gasteiger partial charge in [-0.15, -0.1) is 0 Å². The Morgan fingerprint density at radius 2 is 2.17 bits per heavy atom. The smallest absolute Gasteiger partial charge is 0.328 e. The van der Waals surface area contributed by atoms with Gasteiger partial charge >= 0.3 is 5.97 Å². The average Bonchev–Trinajstić information content (AvgIpc) is 2.71. The molecule has 2 rings (SSSR count). The Hall–Kier alpha value is -2.37. The Balaban J connectivity index is 2.26. The van der Waals surface area contributed by atoms with E-state index in [1.54, 1.807) is 10.9 Å². The van der Waals surface area contributed by atoms with Gasteiger partial charge in [0.25, 0.3) is 0 Å². The van der Waals surface area contributed by atoms with Gasteiger partial charge in [0.1, 0.15) is 6.04 Å². The highest BCUT2D eigenvalue weighted by molar-refractivity contribution is 5.82. The highest BCUT2D eigenvalue weighted by atomic mass is 16.4. The van der Waals surface area contributed by atoms with Crippen molar-refractivity contribution >= 4 is 22.8 Å². The largest absolute Gasteiger partial charge is 0.480 e. The van der Waals surface area contributed by atoms with Gasteiger partial charge in [-0.1, -0.05) is 18.2 Å². The molecule has 1 atom stereocenters. The second-order valence-corrected chi connectivity index (χ2v) is 3.98. The van der Waals surface area contributed by atoms with Crippen molar-refractivity contribution in [2.24, 2.45) is 0 Å². The number of rotatable bonds is 4. The number of amides is 1. The first-order chi connectivity index (χ1) is 8.58. The number of aromatic nitrogens is 2. The van der Waals surface area contributed by atoms with E-state index in [4.69, 9.17) is 5.11 Å². The van der Waals surface area contributed by atoms with Crippen LogP contribution >= 0.6 is 0 Å². The summed E-state index contributed by atoms with van der Waals surface area (Å²) in [6.45, 7) is 1.39. The van der Waals surface area contributed by atoms with Gasteiger partial charge in [-0.2, -0.15) is 5.10 Å². The number of nitrogens with zero attached hydrogens (tertiary/aromatic N) is 2. The number of para-hydroxylation sites is 1. The van der Waals surface area contributed by atoms with Gasteiger partial charge in [-0.25, -0.2) is 4.79 Å². The zero-order valence-electron chi connectivity index (χ0n) is 9.83. The van der Waals surface area contributed by atoms with Gasteiger partial charge in [0, 0.05) is 12.3 Å². The zero-order valence-corrected chi connectivity index (χ0v) is 9.83. The van der Waals surface area contributed by atoms with Crippen LogP contribution in [0, 0.1) is 0 Å². The minimum Gasteiger partial charge on any atom is -0.480 e. The van der Waals surface area contributed by atoms with Gasteiger partial charge in [0.05, 0.1) is 18.3 Å². The Morgan fingerprint density at radius 3 is 2.83 bits per heavy atom. The number of nitrogens with one attached hydrogen (secondary N) is 1. The van der Waals surface area contributed by atoms with Gasteiger partial charge < -0.3 is 10.4 Å². The van der Waals surface area contributed by atoms with Gasteiger partial charge in [0.2, 0.25) is 5.91 Å². The molecule has 0 saturated carbocycles. The predicted molar refractivity (Wildman–Crippen MR) is 65.0 cm³/mol. The van der Waals surface area contributed by atoms with Crippen molar-refractivity contribution in [3.63, 3.8) is 0 Å².